The van der Waals surface area contributed by atoms with Crippen LogP contribution in [0.15, 0.2) is 18.2 Å². The normalized spacial score (nSPS) is 19.1. The summed E-state index contributed by atoms with van der Waals surface area (Å²) in [6.07, 6.45) is 3.14. The lowest BCUT2D eigenvalue weighted by atomic mass is 9.94. The third kappa shape index (κ3) is 4.82. The molecule has 0 amide bonds. The lowest BCUT2D eigenvalue weighted by molar-refractivity contribution is 0.142. The van der Waals surface area contributed by atoms with Crippen LogP contribution < -0.4 is 0 Å². The second kappa shape index (κ2) is 8.14. The minimum Gasteiger partial charge on any atom is -0.396 e. The lowest BCUT2D eigenvalue weighted by Crippen LogP contribution is -2.35. The Morgan fingerprint density at radius 3 is 2.95 bits per heavy atom. The van der Waals surface area contributed by atoms with E-state index < -0.39 is 0 Å². The maximum absolute atomic E-state index is 13.3. The number of benzene rings is 1. The van der Waals surface area contributed by atoms with E-state index in [4.69, 9.17) is 10.2 Å². The number of likely N-dealkylation sites (tertiary alicyclic amines) is 1. The second-order valence-electron chi connectivity index (χ2n) is 5.52. The van der Waals surface area contributed by atoms with E-state index in [2.05, 4.69) is 16.7 Å². The average Bonchev–Trinajstić information content (AvgIpc) is 2.48. The van der Waals surface area contributed by atoms with Gasteiger partial charge in [0.25, 0.3) is 0 Å². The summed E-state index contributed by atoms with van der Waals surface area (Å²) < 4.78 is 13.3. The molecule has 1 aliphatic rings. The minimum atomic E-state index is -0.308. The summed E-state index contributed by atoms with van der Waals surface area (Å²) in [6.45, 7) is 2.73. The van der Waals surface area contributed by atoms with Gasteiger partial charge in [-0.15, -0.1) is 0 Å². The summed E-state index contributed by atoms with van der Waals surface area (Å²) in [5.74, 6) is 5.64. The molecule has 2 rings (SSSR count). The molecule has 0 aromatic heterocycles. The van der Waals surface area contributed by atoms with E-state index in [9.17, 15) is 4.39 Å². The van der Waals surface area contributed by atoms with Crippen LogP contribution in [0.4, 0.5) is 4.39 Å². The van der Waals surface area contributed by atoms with Crippen molar-refractivity contribution in [2.75, 3.05) is 26.3 Å². The predicted octanol–water partition coefficient (Wildman–Crippen LogP) is 1.76. The molecule has 1 unspecified atom stereocenters. The van der Waals surface area contributed by atoms with Crippen molar-refractivity contribution < 1.29 is 14.6 Å². The van der Waals surface area contributed by atoms with Crippen LogP contribution in [-0.4, -0.2) is 41.4 Å². The van der Waals surface area contributed by atoms with Gasteiger partial charge in [-0.05, 0) is 49.4 Å². The van der Waals surface area contributed by atoms with Gasteiger partial charge in [0.05, 0.1) is 0 Å². The highest BCUT2D eigenvalue weighted by atomic mass is 19.1. The standard InChI is InChI=1S/C17H22FNO2/c18-17-6-5-16(15(11-17)4-2-9-20)13-19-8-1-3-14(12-19)7-10-21/h5-6,11,14,20-21H,1,3,7-10,12-13H2. The van der Waals surface area contributed by atoms with Crippen LogP contribution >= 0.6 is 0 Å². The second-order valence-corrected chi connectivity index (χ2v) is 5.52. The molecule has 1 aromatic carbocycles. The van der Waals surface area contributed by atoms with Gasteiger partial charge in [-0.2, -0.15) is 0 Å². The predicted molar refractivity (Wildman–Crippen MR) is 80.1 cm³/mol. The molecule has 1 heterocycles. The van der Waals surface area contributed by atoms with Gasteiger partial charge in [-0.1, -0.05) is 17.9 Å². The first-order valence-electron chi connectivity index (χ1n) is 7.44. The van der Waals surface area contributed by atoms with Crippen molar-refractivity contribution in [2.45, 2.75) is 25.8 Å². The van der Waals surface area contributed by atoms with Crippen molar-refractivity contribution in [1.82, 2.24) is 4.90 Å². The molecule has 0 spiro atoms. The largest absolute Gasteiger partial charge is 0.396 e. The molecule has 114 valence electrons. The fourth-order valence-corrected chi connectivity index (χ4v) is 2.89. The van der Waals surface area contributed by atoms with E-state index in [0.29, 0.717) is 11.5 Å². The van der Waals surface area contributed by atoms with Crippen molar-refractivity contribution in [3.05, 3.63) is 35.1 Å². The third-order valence-electron chi connectivity index (χ3n) is 3.91. The molecule has 1 aliphatic heterocycles. The Balaban J connectivity index is 2.08. The van der Waals surface area contributed by atoms with Gasteiger partial charge in [0, 0.05) is 25.3 Å². The summed E-state index contributed by atoms with van der Waals surface area (Å²) in [6, 6.07) is 4.65. The van der Waals surface area contributed by atoms with Gasteiger partial charge in [0.15, 0.2) is 0 Å². The first kappa shape index (κ1) is 16.0. The summed E-state index contributed by atoms with van der Waals surface area (Å²) >= 11 is 0. The highest BCUT2D eigenvalue weighted by molar-refractivity contribution is 5.41. The van der Waals surface area contributed by atoms with Crippen molar-refractivity contribution >= 4 is 0 Å². The fraction of sp³-hybridized carbons (Fsp3) is 0.529. The average molecular weight is 291 g/mol. The number of hydrogen-bond donors (Lipinski definition) is 2. The minimum absolute atomic E-state index is 0.224. The monoisotopic (exact) mass is 291 g/mol. The number of hydrogen-bond acceptors (Lipinski definition) is 3. The van der Waals surface area contributed by atoms with Crippen LogP contribution in [0, 0.1) is 23.6 Å². The first-order chi connectivity index (χ1) is 10.2. The van der Waals surface area contributed by atoms with Gasteiger partial charge in [-0.3, -0.25) is 4.90 Å². The van der Waals surface area contributed by atoms with Gasteiger partial charge < -0.3 is 10.2 Å². The molecular formula is C17H22FNO2. The van der Waals surface area contributed by atoms with Crippen LogP contribution in [0.1, 0.15) is 30.4 Å². The lowest BCUT2D eigenvalue weighted by Gasteiger charge is -2.32. The highest BCUT2D eigenvalue weighted by Gasteiger charge is 2.20. The summed E-state index contributed by atoms with van der Waals surface area (Å²) in [7, 11) is 0. The molecule has 0 bridgehead atoms. The fourth-order valence-electron chi connectivity index (χ4n) is 2.89. The SMILES string of the molecule is OCC#Cc1cc(F)ccc1CN1CCCC(CCO)C1. The van der Waals surface area contributed by atoms with Gasteiger partial charge in [-0.25, -0.2) is 4.39 Å². The molecule has 2 N–H and O–H groups in total. The zero-order valence-corrected chi connectivity index (χ0v) is 12.2. The van der Waals surface area contributed by atoms with E-state index in [0.717, 1.165) is 44.5 Å². The molecule has 0 saturated carbocycles. The molecule has 1 saturated heterocycles. The zero-order valence-electron chi connectivity index (χ0n) is 12.2. The molecule has 1 atom stereocenters. The number of piperidine rings is 1. The number of aliphatic hydroxyl groups excluding tert-OH is 2. The molecular weight excluding hydrogens is 269 g/mol. The Bertz CT molecular complexity index is 519. The van der Waals surface area contributed by atoms with Gasteiger partial charge in [0.2, 0.25) is 0 Å². The van der Waals surface area contributed by atoms with E-state index in [1.807, 2.05) is 0 Å². The van der Waals surface area contributed by atoms with Crippen LogP contribution in [0.2, 0.25) is 0 Å². The van der Waals surface area contributed by atoms with Crippen molar-refractivity contribution in [2.24, 2.45) is 5.92 Å². The Kier molecular flexibility index (Phi) is 6.19. The number of nitrogens with zero attached hydrogens (tertiary/aromatic N) is 1. The Labute approximate surface area is 125 Å². The Hall–Kier alpha value is -1.41. The first-order valence-corrected chi connectivity index (χ1v) is 7.44. The summed E-state index contributed by atoms with van der Waals surface area (Å²) in [5.41, 5.74) is 1.63. The van der Waals surface area contributed by atoms with E-state index in [1.165, 1.54) is 12.1 Å². The number of rotatable bonds is 4. The van der Waals surface area contributed by atoms with Gasteiger partial charge in [0.1, 0.15) is 12.4 Å². The molecule has 0 aliphatic carbocycles. The van der Waals surface area contributed by atoms with Crippen molar-refractivity contribution in [1.29, 1.82) is 0 Å². The van der Waals surface area contributed by atoms with Crippen LogP contribution in [-0.2, 0) is 6.54 Å². The third-order valence-corrected chi connectivity index (χ3v) is 3.91. The van der Waals surface area contributed by atoms with E-state index >= 15 is 0 Å². The van der Waals surface area contributed by atoms with Crippen molar-refractivity contribution in [3.63, 3.8) is 0 Å². The van der Waals surface area contributed by atoms with Crippen LogP contribution in [0.5, 0.6) is 0 Å². The Morgan fingerprint density at radius 1 is 1.33 bits per heavy atom. The van der Waals surface area contributed by atoms with Crippen LogP contribution in [0.25, 0.3) is 0 Å². The van der Waals surface area contributed by atoms with Gasteiger partial charge >= 0.3 is 0 Å². The molecule has 1 fully saturated rings. The molecule has 3 nitrogen and oxygen atoms in total. The molecule has 1 aromatic rings. The smallest absolute Gasteiger partial charge is 0.124 e. The quantitative estimate of drug-likeness (QED) is 0.831. The maximum Gasteiger partial charge on any atom is 0.124 e. The molecule has 21 heavy (non-hydrogen) atoms. The Morgan fingerprint density at radius 2 is 2.19 bits per heavy atom. The molecule has 0 radical (unpaired) electrons. The topological polar surface area (TPSA) is 43.7 Å². The maximum atomic E-state index is 13.3. The van der Waals surface area contributed by atoms with E-state index in [-0.39, 0.29) is 19.0 Å². The number of aliphatic hydroxyl groups is 2. The highest BCUT2D eigenvalue weighted by Crippen LogP contribution is 2.22. The van der Waals surface area contributed by atoms with Crippen molar-refractivity contribution in [3.8, 4) is 11.8 Å². The zero-order chi connectivity index (χ0) is 15.1. The van der Waals surface area contributed by atoms with E-state index in [1.54, 1.807) is 6.07 Å². The summed E-state index contributed by atoms with van der Waals surface area (Å²) in [4.78, 5) is 2.33. The summed E-state index contributed by atoms with van der Waals surface area (Å²) in [5, 5.41) is 17.9. The number of halogens is 1. The molecule has 4 heteroatoms. The van der Waals surface area contributed by atoms with Crippen LogP contribution in [0.3, 0.4) is 0 Å².